The summed E-state index contributed by atoms with van der Waals surface area (Å²) in [5.74, 6) is 2.11. The predicted molar refractivity (Wildman–Crippen MR) is 43.5 cm³/mol. The Hall–Kier alpha value is -0.130. The van der Waals surface area contributed by atoms with Gasteiger partial charge in [-0.3, -0.25) is 0 Å². The summed E-state index contributed by atoms with van der Waals surface area (Å²) in [5.41, 5.74) is 0. The van der Waals surface area contributed by atoms with Gasteiger partial charge in [0, 0.05) is 28.5 Å². The van der Waals surface area contributed by atoms with Gasteiger partial charge in [0.1, 0.15) is 0 Å². The maximum Gasteiger partial charge on any atom is 0.278 e. The number of rotatable bonds is 1. The van der Waals surface area contributed by atoms with Gasteiger partial charge in [-0.1, -0.05) is 6.92 Å². The van der Waals surface area contributed by atoms with E-state index in [1.807, 2.05) is 22.6 Å². The summed E-state index contributed by atoms with van der Waals surface area (Å²) in [7, 11) is 0. The second-order valence-electron chi connectivity index (χ2n) is 2.71. The lowest BCUT2D eigenvalue weighted by molar-refractivity contribution is 0.466. The highest BCUT2D eigenvalue weighted by Crippen LogP contribution is 2.46. The first-order valence-electron chi connectivity index (χ1n) is 3.26. The fourth-order valence-corrected chi connectivity index (χ4v) is 1.37. The van der Waals surface area contributed by atoms with Crippen LogP contribution in [0.4, 0.5) is 0 Å². The molecule has 0 bridgehead atoms. The van der Waals surface area contributed by atoms with Crippen LogP contribution >= 0.6 is 22.6 Å². The van der Waals surface area contributed by atoms with Crippen LogP contribution in [0.1, 0.15) is 25.2 Å². The van der Waals surface area contributed by atoms with E-state index in [9.17, 15) is 0 Å². The van der Waals surface area contributed by atoms with Crippen LogP contribution < -0.4 is 0 Å². The van der Waals surface area contributed by atoms with Gasteiger partial charge in [-0.2, -0.15) is 0 Å². The minimum Gasteiger partial charge on any atom is -0.416 e. The maximum atomic E-state index is 5.24. The van der Waals surface area contributed by atoms with Gasteiger partial charge in [-0.05, 0) is 12.3 Å². The molecule has 10 heavy (non-hydrogen) atoms. The van der Waals surface area contributed by atoms with Gasteiger partial charge < -0.3 is 4.42 Å². The molecule has 2 rings (SSSR count). The monoisotopic (exact) mass is 250 g/mol. The zero-order valence-corrected chi connectivity index (χ0v) is 7.70. The summed E-state index contributed by atoms with van der Waals surface area (Å²) < 4.78 is 5.89. The van der Waals surface area contributed by atoms with Crippen molar-refractivity contribution in [1.82, 2.24) is 10.2 Å². The van der Waals surface area contributed by atoms with Crippen molar-refractivity contribution >= 4 is 22.6 Å². The molecule has 1 saturated carbocycles. The van der Waals surface area contributed by atoms with Gasteiger partial charge in [0.2, 0.25) is 5.89 Å². The lowest BCUT2D eigenvalue weighted by Crippen LogP contribution is -1.79. The molecule has 0 amide bonds. The Bertz CT molecular complexity index is 248. The fraction of sp³-hybridized carbons (Fsp3) is 0.667. The van der Waals surface area contributed by atoms with E-state index in [1.165, 1.54) is 6.42 Å². The SMILES string of the molecule is CC1CC1c1nnc(I)o1. The Morgan fingerprint density at radius 1 is 1.60 bits per heavy atom. The summed E-state index contributed by atoms with van der Waals surface area (Å²) in [5, 5.41) is 7.69. The number of aromatic nitrogens is 2. The maximum absolute atomic E-state index is 5.24. The standard InChI is InChI=1S/C6H7IN2O/c1-3-2-4(3)5-8-9-6(7)10-5/h3-4H,2H2,1H3. The minimum absolute atomic E-state index is 0.552. The van der Waals surface area contributed by atoms with Crippen molar-refractivity contribution in [2.24, 2.45) is 5.92 Å². The molecule has 4 heteroatoms. The molecule has 0 radical (unpaired) electrons. The van der Waals surface area contributed by atoms with Crippen molar-refractivity contribution in [3.8, 4) is 0 Å². The quantitative estimate of drug-likeness (QED) is 0.713. The highest BCUT2D eigenvalue weighted by atomic mass is 127. The molecule has 2 unspecified atom stereocenters. The van der Waals surface area contributed by atoms with Crippen LogP contribution in [-0.4, -0.2) is 10.2 Å². The summed E-state index contributed by atoms with van der Waals surface area (Å²) in [6.45, 7) is 2.20. The number of hydrogen-bond acceptors (Lipinski definition) is 3. The van der Waals surface area contributed by atoms with E-state index in [0.29, 0.717) is 9.82 Å². The molecule has 0 aliphatic heterocycles. The molecule has 3 nitrogen and oxygen atoms in total. The molecule has 2 atom stereocenters. The Balaban J connectivity index is 2.20. The number of nitrogens with zero attached hydrogens (tertiary/aromatic N) is 2. The second-order valence-corrected chi connectivity index (χ2v) is 3.64. The smallest absolute Gasteiger partial charge is 0.278 e. The summed E-state index contributed by atoms with van der Waals surface area (Å²) in [4.78, 5) is 0. The average molecular weight is 250 g/mol. The zero-order valence-electron chi connectivity index (χ0n) is 5.54. The first-order valence-corrected chi connectivity index (χ1v) is 4.34. The Labute approximate surface area is 72.3 Å². The van der Waals surface area contributed by atoms with Crippen LogP contribution in [0.25, 0.3) is 0 Å². The highest BCUT2D eigenvalue weighted by molar-refractivity contribution is 14.1. The molecular formula is C6H7IN2O. The van der Waals surface area contributed by atoms with E-state index in [4.69, 9.17) is 4.42 Å². The lowest BCUT2D eigenvalue weighted by Gasteiger charge is -1.83. The van der Waals surface area contributed by atoms with E-state index < -0.39 is 0 Å². The summed E-state index contributed by atoms with van der Waals surface area (Å²) in [6, 6.07) is 0. The van der Waals surface area contributed by atoms with Gasteiger partial charge in [0.05, 0.1) is 0 Å². The summed E-state index contributed by atoms with van der Waals surface area (Å²) >= 11 is 2.03. The first-order chi connectivity index (χ1) is 4.77. The molecule has 0 spiro atoms. The predicted octanol–water partition coefficient (Wildman–Crippen LogP) is 1.80. The zero-order chi connectivity index (χ0) is 7.14. The van der Waals surface area contributed by atoms with Crippen LogP contribution in [0.5, 0.6) is 0 Å². The highest BCUT2D eigenvalue weighted by Gasteiger charge is 2.38. The Morgan fingerprint density at radius 2 is 2.30 bits per heavy atom. The van der Waals surface area contributed by atoms with Crippen molar-refractivity contribution < 1.29 is 4.42 Å². The van der Waals surface area contributed by atoms with E-state index >= 15 is 0 Å². The Kier molecular flexibility index (Phi) is 1.43. The van der Waals surface area contributed by atoms with E-state index in [1.54, 1.807) is 0 Å². The van der Waals surface area contributed by atoms with Crippen molar-refractivity contribution in [3.63, 3.8) is 0 Å². The van der Waals surface area contributed by atoms with Crippen LogP contribution in [0.2, 0.25) is 0 Å². The molecule has 0 N–H and O–H groups in total. The molecule has 1 aromatic heterocycles. The third kappa shape index (κ3) is 1.04. The molecule has 1 aliphatic rings. The molecule has 1 heterocycles. The van der Waals surface area contributed by atoms with Gasteiger partial charge in [0.15, 0.2) is 0 Å². The van der Waals surface area contributed by atoms with Gasteiger partial charge in [-0.15, -0.1) is 10.2 Å². The van der Waals surface area contributed by atoms with Crippen LogP contribution in [-0.2, 0) is 0 Å². The molecule has 54 valence electrons. The summed E-state index contributed by atoms with van der Waals surface area (Å²) in [6.07, 6.45) is 1.21. The first kappa shape index (κ1) is 6.57. The van der Waals surface area contributed by atoms with Gasteiger partial charge in [-0.25, -0.2) is 0 Å². The van der Waals surface area contributed by atoms with E-state index in [0.717, 1.165) is 11.8 Å². The second kappa shape index (κ2) is 2.18. The van der Waals surface area contributed by atoms with Crippen LogP contribution in [0, 0.1) is 9.82 Å². The fourth-order valence-electron chi connectivity index (χ4n) is 1.03. The normalized spacial score (nSPS) is 30.6. The van der Waals surface area contributed by atoms with Gasteiger partial charge in [0.25, 0.3) is 3.90 Å². The molecule has 1 aliphatic carbocycles. The van der Waals surface area contributed by atoms with E-state index in [-0.39, 0.29) is 0 Å². The molecule has 1 fully saturated rings. The Morgan fingerprint density at radius 3 is 2.70 bits per heavy atom. The van der Waals surface area contributed by atoms with Gasteiger partial charge >= 0.3 is 0 Å². The van der Waals surface area contributed by atoms with Crippen molar-refractivity contribution in [2.45, 2.75) is 19.3 Å². The third-order valence-corrected chi connectivity index (χ3v) is 2.28. The molecule has 0 saturated heterocycles. The third-order valence-electron chi connectivity index (χ3n) is 1.84. The topological polar surface area (TPSA) is 38.9 Å². The van der Waals surface area contributed by atoms with Crippen molar-refractivity contribution in [3.05, 3.63) is 9.79 Å². The molecule has 1 aromatic rings. The van der Waals surface area contributed by atoms with E-state index in [2.05, 4.69) is 17.1 Å². The lowest BCUT2D eigenvalue weighted by atomic mass is 10.3. The number of halogens is 1. The minimum atomic E-state index is 0.552. The van der Waals surface area contributed by atoms with Crippen molar-refractivity contribution in [1.29, 1.82) is 0 Å². The average Bonchev–Trinajstić information content (AvgIpc) is 2.42. The largest absolute Gasteiger partial charge is 0.416 e. The van der Waals surface area contributed by atoms with Crippen LogP contribution in [0.3, 0.4) is 0 Å². The van der Waals surface area contributed by atoms with Crippen LogP contribution in [0.15, 0.2) is 4.42 Å². The van der Waals surface area contributed by atoms with Crippen molar-refractivity contribution in [2.75, 3.05) is 0 Å². The molecule has 0 aromatic carbocycles. The molecular weight excluding hydrogens is 243 g/mol. The number of hydrogen-bond donors (Lipinski definition) is 0.